The van der Waals surface area contributed by atoms with Gasteiger partial charge in [-0.2, -0.15) is 0 Å². The van der Waals surface area contributed by atoms with E-state index in [1.807, 2.05) is 37.3 Å². The lowest BCUT2D eigenvalue weighted by atomic mass is 10.2. The van der Waals surface area contributed by atoms with E-state index in [-0.39, 0.29) is 23.8 Å². The highest BCUT2D eigenvalue weighted by molar-refractivity contribution is 5.76. The SMILES string of the molecule is CCc1cc(=O)n(CC(=O)NCc2ccccc2)c(-c2ccc(F)cc2)n1. The van der Waals surface area contributed by atoms with Crippen LogP contribution in [0.4, 0.5) is 4.39 Å². The van der Waals surface area contributed by atoms with Gasteiger partial charge in [0, 0.05) is 23.9 Å². The quantitative estimate of drug-likeness (QED) is 0.731. The summed E-state index contributed by atoms with van der Waals surface area (Å²) in [6.45, 7) is 2.11. The molecule has 0 aliphatic heterocycles. The van der Waals surface area contributed by atoms with E-state index >= 15 is 0 Å². The Labute approximate surface area is 156 Å². The van der Waals surface area contributed by atoms with Gasteiger partial charge >= 0.3 is 0 Å². The first-order valence-corrected chi connectivity index (χ1v) is 8.74. The first kappa shape index (κ1) is 18.5. The zero-order chi connectivity index (χ0) is 19.2. The molecule has 1 N–H and O–H groups in total. The Hall–Kier alpha value is -3.28. The molecule has 0 saturated heterocycles. The number of halogens is 1. The first-order chi connectivity index (χ1) is 13.1. The summed E-state index contributed by atoms with van der Waals surface area (Å²) in [6, 6.07) is 16.7. The Morgan fingerprint density at radius 3 is 2.48 bits per heavy atom. The topological polar surface area (TPSA) is 64.0 Å². The van der Waals surface area contributed by atoms with Gasteiger partial charge in [-0.3, -0.25) is 14.2 Å². The molecule has 1 amide bonds. The maximum Gasteiger partial charge on any atom is 0.254 e. The van der Waals surface area contributed by atoms with Crippen LogP contribution in [0.2, 0.25) is 0 Å². The molecule has 2 aromatic carbocycles. The van der Waals surface area contributed by atoms with Crippen molar-refractivity contribution < 1.29 is 9.18 Å². The van der Waals surface area contributed by atoms with Crippen LogP contribution in [0.25, 0.3) is 11.4 Å². The van der Waals surface area contributed by atoms with Gasteiger partial charge in [0.15, 0.2) is 0 Å². The summed E-state index contributed by atoms with van der Waals surface area (Å²) >= 11 is 0. The summed E-state index contributed by atoms with van der Waals surface area (Å²) in [7, 11) is 0. The fourth-order valence-corrected chi connectivity index (χ4v) is 2.70. The molecule has 0 unspecified atom stereocenters. The summed E-state index contributed by atoms with van der Waals surface area (Å²) in [6.07, 6.45) is 0.588. The summed E-state index contributed by atoms with van der Waals surface area (Å²) in [5, 5.41) is 2.80. The van der Waals surface area contributed by atoms with Crippen LogP contribution in [0.15, 0.2) is 65.5 Å². The van der Waals surface area contributed by atoms with E-state index in [0.717, 1.165) is 5.56 Å². The summed E-state index contributed by atoms with van der Waals surface area (Å²) in [4.78, 5) is 29.4. The Bertz CT molecular complexity index is 983. The average Bonchev–Trinajstić information content (AvgIpc) is 2.69. The van der Waals surface area contributed by atoms with Gasteiger partial charge in [0.25, 0.3) is 5.56 Å². The second-order valence-electron chi connectivity index (χ2n) is 6.12. The van der Waals surface area contributed by atoms with Crippen molar-refractivity contribution in [3.05, 3.63) is 88.1 Å². The van der Waals surface area contributed by atoms with Crippen molar-refractivity contribution in [2.45, 2.75) is 26.4 Å². The third-order valence-electron chi connectivity index (χ3n) is 4.16. The molecule has 0 spiro atoms. The number of amides is 1. The molecule has 1 aromatic heterocycles. The lowest BCUT2D eigenvalue weighted by Gasteiger charge is -2.13. The molecule has 5 nitrogen and oxygen atoms in total. The number of carbonyl (C=O) groups is 1. The van der Waals surface area contributed by atoms with E-state index in [1.54, 1.807) is 12.1 Å². The van der Waals surface area contributed by atoms with Crippen molar-refractivity contribution in [3.8, 4) is 11.4 Å². The Morgan fingerprint density at radius 2 is 1.81 bits per heavy atom. The number of hydrogen-bond donors (Lipinski definition) is 1. The van der Waals surface area contributed by atoms with Crippen molar-refractivity contribution in [1.29, 1.82) is 0 Å². The van der Waals surface area contributed by atoms with Gasteiger partial charge in [0.05, 0.1) is 0 Å². The number of nitrogens with one attached hydrogen (secondary N) is 1. The smallest absolute Gasteiger partial charge is 0.254 e. The average molecular weight is 365 g/mol. The van der Waals surface area contributed by atoms with Crippen molar-refractivity contribution in [2.75, 3.05) is 0 Å². The van der Waals surface area contributed by atoms with Crippen molar-refractivity contribution in [3.63, 3.8) is 0 Å². The van der Waals surface area contributed by atoms with E-state index in [1.165, 1.54) is 22.8 Å². The molecule has 0 saturated carbocycles. The molecule has 0 bridgehead atoms. The van der Waals surface area contributed by atoms with E-state index in [9.17, 15) is 14.0 Å². The molecular formula is C21H20FN3O2. The molecule has 0 radical (unpaired) electrons. The van der Waals surface area contributed by atoms with Crippen LogP contribution in [0.3, 0.4) is 0 Å². The third kappa shape index (κ3) is 4.67. The molecule has 3 aromatic rings. The van der Waals surface area contributed by atoms with Crippen LogP contribution >= 0.6 is 0 Å². The number of aryl methyl sites for hydroxylation is 1. The van der Waals surface area contributed by atoms with Crippen LogP contribution < -0.4 is 10.9 Å². The van der Waals surface area contributed by atoms with Gasteiger partial charge in [-0.05, 0) is 36.2 Å². The summed E-state index contributed by atoms with van der Waals surface area (Å²) < 4.78 is 14.6. The fourth-order valence-electron chi connectivity index (χ4n) is 2.70. The number of aromatic nitrogens is 2. The van der Waals surface area contributed by atoms with E-state index in [2.05, 4.69) is 10.3 Å². The Kier molecular flexibility index (Phi) is 5.76. The minimum atomic E-state index is -0.375. The van der Waals surface area contributed by atoms with Crippen LogP contribution in [-0.2, 0) is 24.3 Å². The molecule has 0 atom stereocenters. The minimum absolute atomic E-state index is 0.157. The fraction of sp³-hybridized carbons (Fsp3) is 0.190. The molecule has 27 heavy (non-hydrogen) atoms. The number of carbonyl (C=O) groups excluding carboxylic acids is 1. The second kappa shape index (κ2) is 8.40. The Balaban J connectivity index is 1.86. The molecule has 0 aliphatic rings. The van der Waals surface area contributed by atoms with Gasteiger partial charge in [-0.15, -0.1) is 0 Å². The minimum Gasteiger partial charge on any atom is -0.350 e. The highest BCUT2D eigenvalue weighted by Crippen LogP contribution is 2.17. The Morgan fingerprint density at radius 1 is 1.11 bits per heavy atom. The van der Waals surface area contributed by atoms with Crippen LogP contribution in [0.1, 0.15) is 18.2 Å². The summed E-state index contributed by atoms with van der Waals surface area (Å²) in [5.74, 6) is -0.315. The standard InChI is InChI=1S/C21H20FN3O2/c1-2-18-12-20(27)25(21(24-18)16-8-10-17(22)11-9-16)14-19(26)23-13-15-6-4-3-5-7-15/h3-12H,2,13-14H2,1H3,(H,23,26). The maximum absolute atomic E-state index is 13.2. The molecule has 3 rings (SSSR count). The van der Waals surface area contributed by atoms with Crippen molar-refractivity contribution in [1.82, 2.24) is 14.9 Å². The van der Waals surface area contributed by atoms with Crippen LogP contribution in [-0.4, -0.2) is 15.5 Å². The molecule has 0 fully saturated rings. The summed E-state index contributed by atoms with van der Waals surface area (Å²) in [5.41, 5.74) is 1.87. The number of hydrogen-bond acceptors (Lipinski definition) is 3. The van der Waals surface area contributed by atoms with E-state index in [4.69, 9.17) is 0 Å². The van der Waals surface area contributed by atoms with Gasteiger partial charge in [-0.25, -0.2) is 9.37 Å². The van der Waals surface area contributed by atoms with Gasteiger partial charge in [-0.1, -0.05) is 37.3 Å². The number of rotatable bonds is 6. The molecule has 0 aliphatic carbocycles. The molecule has 138 valence electrons. The third-order valence-corrected chi connectivity index (χ3v) is 4.16. The number of nitrogens with zero attached hydrogens (tertiary/aromatic N) is 2. The zero-order valence-electron chi connectivity index (χ0n) is 15.0. The predicted octanol–water partition coefficient (Wildman–Crippen LogP) is 2.93. The maximum atomic E-state index is 13.2. The van der Waals surface area contributed by atoms with Crippen molar-refractivity contribution >= 4 is 5.91 Å². The first-order valence-electron chi connectivity index (χ1n) is 8.74. The van der Waals surface area contributed by atoms with Crippen LogP contribution in [0, 0.1) is 5.82 Å². The number of benzene rings is 2. The second-order valence-corrected chi connectivity index (χ2v) is 6.12. The highest BCUT2D eigenvalue weighted by atomic mass is 19.1. The monoisotopic (exact) mass is 365 g/mol. The van der Waals surface area contributed by atoms with Gasteiger partial charge in [0.1, 0.15) is 18.2 Å². The molecule has 6 heteroatoms. The predicted molar refractivity (Wildman–Crippen MR) is 102 cm³/mol. The highest BCUT2D eigenvalue weighted by Gasteiger charge is 2.14. The van der Waals surface area contributed by atoms with Gasteiger partial charge in [0.2, 0.25) is 5.91 Å². The molecular weight excluding hydrogens is 345 g/mol. The van der Waals surface area contributed by atoms with E-state index in [0.29, 0.717) is 30.0 Å². The van der Waals surface area contributed by atoms with Gasteiger partial charge < -0.3 is 5.32 Å². The van der Waals surface area contributed by atoms with Crippen LogP contribution in [0.5, 0.6) is 0 Å². The largest absolute Gasteiger partial charge is 0.350 e. The normalized spacial score (nSPS) is 10.6. The van der Waals surface area contributed by atoms with E-state index < -0.39 is 0 Å². The lowest BCUT2D eigenvalue weighted by molar-refractivity contribution is -0.121. The van der Waals surface area contributed by atoms with Crippen molar-refractivity contribution in [2.24, 2.45) is 0 Å². The lowest BCUT2D eigenvalue weighted by Crippen LogP contribution is -2.33. The molecule has 1 heterocycles. The zero-order valence-corrected chi connectivity index (χ0v) is 15.0.